The predicted octanol–water partition coefficient (Wildman–Crippen LogP) is 2.77. The molecule has 0 aromatic heterocycles. The van der Waals surface area contributed by atoms with Crippen molar-refractivity contribution < 1.29 is 4.79 Å². The Morgan fingerprint density at radius 1 is 1.50 bits per heavy atom. The molecule has 0 aromatic carbocycles. The lowest BCUT2D eigenvalue weighted by molar-refractivity contribution is -0.118. The van der Waals surface area contributed by atoms with E-state index in [0.29, 0.717) is 5.92 Å². The van der Waals surface area contributed by atoms with Crippen LogP contribution in [0.2, 0.25) is 0 Å². The molecule has 1 aliphatic carbocycles. The van der Waals surface area contributed by atoms with Crippen LogP contribution in [0.4, 0.5) is 0 Å². The molecule has 1 amide bonds. The molecule has 2 nitrogen and oxygen atoms in total. The first-order valence-electron chi connectivity index (χ1n) is 5.30. The Morgan fingerprint density at radius 2 is 2.21 bits per heavy atom. The Hall–Kier alpha value is -1.05. The Kier molecular flexibility index (Phi) is 3.93. The first-order chi connectivity index (χ1) is 6.63. The summed E-state index contributed by atoms with van der Waals surface area (Å²) in [7, 11) is 0. The fourth-order valence-corrected chi connectivity index (χ4v) is 1.66. The van der Waals surface area contributed by atoms with Crippen molar-refractivity contribution in [3.05, 3.63) is 23.4 Å². The molecular weight excluding hydrogens is 174 g/mol. The van der Waals surface area contributed by atoms with E-state index in [1.54, 1.807) is 6.92 Å². The highest BCUT2D eigenvalue weighted by molar-refractivity contribution is 5.75. The van der Waals surface area contributed by atoms with Crippen molar-refractivity contribution >= 4 is 5.91 Å². The molecular formula is C12H19NO. The van der Waals surface area contributed by atoms with Gasteiger partial charge in [-0.25, -0.2) is 0 Å². The van der Waals surface area contributed by atoms with E-state index in [2.05, 4.69) is 25.2 Å². The molecule has 0 saturated heterocycles. The van der Waals surface area contributed by atoms with Gasteiger partial charge in [-0.15, -0.1) is 0 Å². The second-order valence-electron chi connectivity index (χ2n) is 3.92. The highest BCUT2D eigenvalue weighted by Crippen LogP contribution is 2.24. The summed E-state index contributed by atoms with van der Waals surface area (Å²) in [4.78, 5) is 10.8. The second-order valence-corrected chi connectivity index (χ2v) is 3.92. The molecule has 1 atom stereocenters. The van der Waals surface area contributed by atoms with Crippen LogP contribution >= 0.6 is 0 Å². The Morgan fingerprint density at radius 3 is 2.64 bits per heavy atom. The largest absolute Gasteiger partial charge is 0.330 e. The maximum absolute atomic E-state index is 10.8. The van der Waals surface area contributed by atoms with E-state index in [-0.39, 0.29) is 5.91 Å². The molecule has 14 heavy (non-hydrogen) atoms. The van der Waals surface area contributed by atoms with Crippen LogP contribution in [-0.4, -0.2) is 5.91 Å². The summed E-state index contributed by atoms with van der Waals surface area (Å²) in [5, 5.41) is 2.84. The van der Waals surface area contributed by atoms with E-state index in [9.17, 15) is 4.79 Å². The summed E-state index contributed by atoms with van der Waals surface area (Å²) in [5.41, 5.74) is 2.55. The zero-order chi connectivity index (χ0) is 10.6. The average Bonchev–Trinajstić information content (AvgIpc) is 2.17. The van der Waals surface area contributed by atoms with Crippen LogP contribution in [0.1, 0.15) is 40.0 Å². The molecule has 78 valence electrons. The molecule has 1 aliphatic rings. The molecule has 1 N–H and O–H groups in total. The summed E-state index contributed by atoms with van der Waals surface area (Å²) in [5.74, 6) is 0.696. The Bertz CT molecular complexity index is 276. The van der Waals surface area contributed by atoms with Crippen LogP contribution in [-0.2, 0) is 4.79 Å². The van der Waals surface area contributed by atoms with Crippen molar-refractivity contribution in [3.8, 4) is 0 Å². The van der Waals surface area contributed by atoms with Gasteiger partial charge in [0.1, 0.15) is 0 Å². The van der Waals surface area contributed by atoms with E-state index in [4.69, 9.17) is 0 Å². The SMILES string of the molecule is CCC(C)C1=CC=C(NC(C)=O)CC1. The first-order valence-corrected chi connectivity index (χ1v) is 5.30. The van der Waals surface area contributed by atoms with Gasteiger partial charge >= 0.3 is 0 Å². The number of hydrogen-bond acceptors (Lipinski definition) is 1. The first kappa shape index (κ1) is 11.0. The Labute approximate surface area is 86.1 Å². The van der Waals surface area contributed by atoms with Crippen molar-refractivity contribution in [2.75, 3.05) is 0 Å². The van der Waals surface area contributed by atoms with Gasteiger partial charge in [-0.2, -0.15) is 0 Å². The van der Waals surface area contributed by atoms with Gasteiger partial charge in [-0.05, 0) is 31.3 Å². The van der Waals surface area contributed by atoms with Gasteiger partial charge in [-0.1, -0.05) is 25.5 Å². The summed E-state index contributed by atoms with van der Waals surface area (Å²) in [6.07, 6.45) is 7.43. The molecule has 2 heteroatoms. The summed E-state index contributed by atoms with van der Waals surface area (Å²) in [6, 6.07) is 0. The van der Waals surface area contributed by atoms with Crippen LogP contribution in [0.15, 0.2) is 23.4 Å². The fourth-order valence-electron chi connectivity index (χ4n) is 1.66. The van der Waals surface area contributed by atoms with E-state index in [0.717, 1.165) is 18.5 Å². The lowest BCUT2D eigenvalue weighted by Gasteiger charge is -2.19. The number of nitrogens with one attached hydrogen (secondary N) is 1. The fraction of sp³-hybridized carbons (Fsp3) is 0.583. The maximum atomic E-state index is 10.8. The Balaban J connectivity index is 2.59. The minimum absolute atomic E-state index is 0.0247. The van der Waals surface area contributed by atoms with Crippen LogP contribution < -0.4 is 5.32 Å². The third-order valence-electron chi connectivity index (χ3n) is 2.76. The highest BCUT2D eigenvalue weighted by Gasteiger charge is 2.11. The highest BCUT2D eigenvalue weighted by atomic mass is 16.1. The molecule has 0 heterocycles. The van der Waals surface area contributed by atoms with Gasteiger partial charge in [0, 0.05) is 12.6 Å². The smallest absolute Gasteiger partial charge is 0.220 e. The lowest BCUT2D eigenvalue weighted by atomic mass is 9.90. The molecule has 0 fully saturated rings. The summed E-state index contributed by atoms with van der Waals surface area (Å²) >= 11 is 0. The van der Waals surface area contributed by atoms with Crippen LogP contribution in [0.3, 0.4) is 0 Å². The third kappa shape index (κ3) is 3.02. The van der Waals surface area contributed by atoms with Crippen molar-refractivity contribution in [1.82, 2.24) is 5.32 Å². The van der Waals surface area contributed by atoms with Crippen LogP contribution in [0.25, 0.3) is 0 Å². The van der Waals surface area contributed by atoms with Crippen molar-refractivity contribution in [2.24, 2.45) is 5.92 Å². The second kappa shape index (κ2) is 4.99. The van der Waals surface area contributed by atoms with Crippen LogP contribution in [0, 0.1) is 5.92 Å². The molecule has 1 rings (SSSR count). The van der Waals surface area contributed by atoms with Crippen molar-refractivity contribution in [1.29, 1.82) is 0 Å². The third-order valence-corrected chi connectivity index (χ3v) is 2.76. The molecule has 0 radical (unpaired) electrons. The average molecular weight is 193 g/mol. The number of rotatable bonds is 3. The van der Waals surface area contributed by atoms with Crippen molar-refractivity contribution in [3.63, 3.8) is 0 Å². The molecule has 0 aliphatic heterocycles. The molecule has 0 saturated carbocycles. The minimum Gasteiger partial charge on any atom is -0.330 e. The van der Waals surface area contributed by atoms with Gasteiger partial charge in [0.15, 0.2) is 0 Å². The standard InChI is InChI=1S/C12H19NO/c1-4-9(2)11-5-7-12(8-6-11)13-10(3)14/h5,7,9H,4,6,8H2,1-3H3,(H,13,14). The van der Waals surface area contributed by atoms with Crippen LogP contribution in [0.5, 0.6) is 0 Å². The number of amides is 1. The zero-order valence-corrected chi connectivity index (χ0v) is 9.26. The van der Waals surface area contributed by atoms with Gasteiger partial charge in [-0.3, -0.25) is 4.79 Å². The molecule has 1 unspecified atom stereocenters. The van der Waals surface area contributed by atoms with Gasteiger partial charge in [0.25, 0.3) is 0 Å². The molecule has 0 bridgehead atoms. The summed E-state index contributed by atoms with van der Waals surface area (Å²) < 4.78 is 0. The van der Waals surface area contributed by atoms with Gasteiger partial charge in [0.2, 0.25) is 5.91 Å². The predicted molar refractivity (Wildman–Crippen MR) is 58.7 cm³/mol. The monoisotopic (exact) mass is 193 g/mol. The number of carbonyl (C=O) groups excluding carboxylic acids is 1. The van der Waals surface area contributed by atoms with E-state index >= 15 is 0 Å². The lowest BCUT2D eigenvalue weighted by Crippen LogP contribution is -2.20. The van der Waals surface area contributed by atoms with E-state index < -0.39 is 0 Å². The quantitative estimate of drug-likeness (QED) is 0.733. The normalized spacial score (nSPS) is 18.2. The van der Waals surface area contributed by atoms with Gasteiger partial charge < -0.3 is 5.32 Å². The number of allylic oxidation sites excluding steroid dienone is 4. The maximum Gasteiger partial charge on any atom is 0.220 e. The summed E-state index contributed by atoms with van der Waals surface area (Å²) in [6.45, 7) is 6.01. The van der Waals surface area contributed by atoms with Crippen molar-refractivity contribution in [2.45, 2.75) is 40.0 Å². The zero-order valence-electron chi connectivity index (χ0n) is 9.26. The van der Waals surface area contributed by atoms with E-state index in [1.807, 2.05) is 6.08 Å². The molecule has 0 spiro atoms. The minimum atomic E-state index is 0.0247. The van der Waals surface area contributed by atoms with Gasteiger partial charge in [0.05, 0.1) is 0 Å². The number of hydrogen-bond donors (Lipinski definition) is 1. The van der Waals surface area contributed by atoms with E-state index in [1.165, 1.54) is 12.0 Å². The number of carbonyl (C=O) groups is 1. The topological polar surface area (TPSA) is 29.1 Å². The molecule has 0 aromatic rings.